The molecule has 0 amide bonds. The predicted octanol–water partition coefficient (Wildman–Crippen LogP) is 1.31. The Balaban J connectivity index is 2.74. The van der Waals surface area contributed by atoms with Gasteiger partial charge in [-0.15, -0.1) is 0 Å². The van der Waals surface area contributed by atoms with Gasteiger partial charge < -0.3 is 10.8 Å². The summed E-state index contributed by atoms with van der Waals surface area (Å²) in [6, 6.07) is 0. The predicted molar refractivity (Wildman–Crippen MR) is 36.8 cm³/mol. The van der Waals surface area contributed by atoms with Crippen molar-refractivity contribution in [2.24, 2.45) is 11.7 Å². The van der Waals surface area contributed by atoms with Gasteiger partial charge in [-0.2, -0.15) is 0 Å². The number of nitrogens with two attached hydrogens (primary N) is 1. The topological polar surface area (TPSA) is 46.2 Å². The van der Waals surface area contributed by atoms with Gasteiger partial charge in [0, 0.05) is 5.70 Å². The van der Waals surface area contributed by atoms with Crippen LogP contribution in [0.2, 0.25) is 0 Å². The summed E-state index contributed by atoms with van der Waals surface area (Å²) in [6.45, 7) is 2.02. The highest BCUT2D eigenvalue weighted by molar-refractivity contribution is 5.21. The lowest BCUT2D eigenvalue weighted by atomic mass is 10.00. The second-order valence-corrected chi connectivity index (χ2v) is 2.49. The summed E-state index contributed by atoms with van der Waals surface area (Å²) < 4.78 is 0. The summed E-state index contributed by atoms with van der Waals surface area (Å²) in [5, 5.41) is 8.95. The second-order valence-electron chi connectivity index (χ2n) is 2.49. The average molecular weight is 125 g/mol. The maximum atomic E-state index is 8.95. The van der Waals surface area contributed by atoms with E-state index in [1.54, 1.807) is 12.2 Å². The summed E-state index contributed by atoms with van der Waals surface area (Å²) >= 11 is 0. The molecule has 1 unspecified atom stereocenters. The molecule has 1 aliphatic carbocycles. The van der Waals surface area contributed by atoms with E-state index in [-0.39, 0.29) is 0 Å². The van der Waals surface area contributed by atoms with Crippen LogP contribution in [-0.2, 0) is 0 Å². The van der Waals surface area contributed by atoms with Crippen LogP contribution in [0, 0.1) is 5.92 Å². The minimum absolute atomic E-state index is 0.297. The van der Waals surface area contributed by atoms with Gasteiger partial charge >= 0.3 is 0 Å². The molecule has 1 aliphatic rings. The zero-order valence-electron chi connectivity index (χ0n) is 5.46. The van der Waals surface area contributed by atoms with Gasteiger partial charge in [0.05, 0.1) is 0 Å². The van der Waals surface area contributed by atoms with Gasteiger partial charge in [-0.05, 0) is 24.5 Å². The summed E-state index contributed by atoms with van der Waals surface area (Å²) in [5.41, 5.74) is 6.24. The summed E-state index contributed by atoms with van der Waals surface area (Å²) in [6.07, 6.45) is 4.26. The Kier molecular flexibility index (Phi) is 1.47. The number of allylic oxidation sites excluding steroid dienone is 3. The molecular weight excluding hydrogens is 114 g/mol. The quantitative estimate of drug-likeness (QED) is 0.512. The number of hydrogen-bond acceptors (Lipinski definition) is 2. The molecule has 3 N–H and O–H groups in total. The molecule has 0 heterocycles. The molecule has 2 nitrogen and oxygen atoms in total. The fourth-order valence-electron chi connectivity index (χ4n) is 1.02. The zero-order valence-corrected chi connectivity index (χ0v) is 5.46. The van der Waals surface area contributed by atoms with Gasteiger partial charge in [0.1, 0.15) is 5.76 Å². The van der Waals surface area contributed by atoms with Crippen LogP contribution in [0.5, 0.6) is 0 Å². The highest BCUT2D eigenvalue weighted by Gasteiger charge is 2.06. The Morgan fingerprint density at radius 2 is 2.44 bits per heavy atom. The lowest BCUT2D eigenvalue weighted by Gasteiger charge is -2.11. The normalized spacial score (nSPS) is 27.0. The molecule has 2 heteroatoms. The van der Waals surface area contributed by atoms with Crippen molar-refractivity contribution in [3.8, 4) is 0 Å². The van der Waals surface area contributed by atoms with Gasteiger partial charge in [-0.3, -0.25) is 0 Å². The van der Waals surface area contributed by atoms with Crippen molar-refractivity contribution in [2.75, 3.05) is 0 Å². The molecule has 9 heavy (non-hydrogen) atoms. The molecule has 0 aromatic carbocycles. The van der Waals surface area contributed by atoms with Crippen LogP contribution in [0.4, 0.5) is 0 Å². The van der Waals surface area contributed by atoms with E-state index < -0.39 is 0 Å². The van der Waals surface area contributed by atoms with Gasteiger partial charge in [0.2, 0.25) is 0 Å². The molecule has 0 saturated heterocycles. The van der Waals surface area contributed by atoms with E-state index in [0.717, 1.165) is 12.1 Å². The van der Waals surface area contributed by atoms with Crippen molar-refractivity contribution in [1.82, 2.24) is 0 Å². The molecule has 0 aromatic heterocycles. The van der Waals surface area contributed by atoms with Crippen LogP contribution < -0.4 is 5.73 Å². The Morgan fingerprint density at radius 3 is 2.89 bits per heavy atom. The van der Waals surface area contributed by atoms with Crippen LogP contribution >= 0.6 is 0 Å². The lowest BCUT2D eigenvalue weighted by molar-refractivity contribution is 0.417. The maximum absolute atomic E-state index is 8.95. The minimum Gasteiger partial charge on any atom is -0.508 e. The smallest absolute Gasteiger partial charge is 0.113 e. The first-order chi connectivity index (χ1) is 4.18. The molecule has 0 fully saturated rings. The molecule has 1 atom stereocenters. The van der Waals surface area contributed by atoms with Crippen molar-refractivity contribution < 1.29 is 5.11 Å². The van der Waals surface area contributed by atoms with E-state index in [1.165, 1.54) is 0 Å². The molecule has 0 aliphatic heterocycles. The van der Waals surface area contributed by atoms with E-state index in [2.05, 4.69) is 0 Å². The summed E-state index contributed by atoms with van der Waals surface area (Å²) in [4.78, 5) is 0. The third-order valence-corrected chi connectivity index (χ3v) is 1.35. The lowest BCUT2D eigenvalue weighted by Crippen LogP contribution is -2.07. The van der Waals surface area contributed by atoms with Crippen LogP contribution in [-0.4, -0.2) is 5.11 Å². The second kappa shape index (κ2) is 2.13. The molecule has 1 rings (SSSR count). The Morgan fingerprint density at radius 1 is 1.78 bits per heavy atom. The SMILES string of the molecule is CC1C=C(O)C=C(N)C1. The van der Waals surface area contributed by atoms with E-state index in [9.17, 15) is 0 Å². The van der Waals surface area contributed by atoms with Crippen LogP contribution in [0.1, 0.15) is 13.3 Å². The van der Waals surface area contributed by atoms with Crippen LogP contribution in [0.3, 0.4) is 0 Å². The molecule has 50 valence electrons. The standard InChI is InChI=1S/C7H11NO/c1-5-2-6(8)4-7(9)3-5/h3-5,9H,2,8H2,1H3. The fourth-order valence-corrected chi connectivity index (χ4v) is 1.02. The van der Waals surface area contributed by atoms with Gasteiger partial charge in [0.15, 0.2) is 0 Å². The van der Waals surface area contributed by atoms with Gasteiger partial charge in [-0.25, -0.2) is 0 Å². The third-order valence-electron chi connectivity index (χ3n) is 1.35. The largest absolute Gasteiger partial charge is 0.508 e. The zero-order chi connectivity index (χ0) is 6.85. The summed E-state index contributed by atoms with van der Waals surface area (Å²) in [5.74, 6) is 0.682. The van der Waals surface area contributed by atoms with Crippen molar-refractivity contribution in [2.45, 2.75) is 13.3 Å². The molecule has 0 spiro atoms. The molecule has 0 radical (unpaired) electrons. The van der Waals surface area contributed by atoms with E-state index in [0.29, 0.717) is 11.7 Å². The number of rotatable bonds is 0. The van der Waals surface area contributed by atoms with Crippen molar-refractivity contribution in [1.29, 1.82) is 0 Å². The summed E-state index contributed by atoms with van der Waals surface area (Å²) in [7, 11) is 0. The average Bonchev–Trinajstić information content (AvgIpc) is 1.59. The number of aliphatic hydroxyl groups is 1. The first kappa shape index (κ1) is 6.20. The highest BCUT2D eigenvalue weighted by Crippen LogP contribution is 2.16. The van der Waals surface area contributed by atoms with Gasteiger partial charge in [-0.1, -0.05) is 6.92 Å². The number of aliphatic hydroxyl groups excluding tert-OH is 1. The highest BCUT2D eigenvalue weighted by atomic mass is 16.3. The van der Waals surface area contributed by atoms with E-state index in [4.69, 9.17) is 10.8 Å². The molecule has 0 saturated carbocycles. The van der Waals surface area contributed by atoms with Crippen molar-refractivity contribution in [3.63, 3.8) is 0 Å². The van der Waals surface area contributed by atoms with E-state index >= 15 is 0 Å². The monoisotopic (exact) mass is 125 g/mol. The van der Waals surface area contributed by atoms with Crippen molar-refractivity contribution in [3.05, 3.63) is 23.6 Å². The molecule has 0 aromatic rings. The maximum Gasteiger partial charge on any atom is 0.113 e. The van der Waals surface area contributed by atoms with Crippen LogP contribution in [0.25, 0.3) is 0 Å². The van der Waals surface area contributed by atoms with Crippen molar-refractivity contribution >= 4 is 0 Å². The van der Waals surface area contributed by atoms with E-state index in [1.807, 2.05) is 6.92 Å². The number of hydrogen-bond donors (Lipinski definition) is 2. The fraction of sp³-hybridized carbons (Fsp3) is 0.429. The first-order valence-electron chi connectivity index (χ1n) is 3.05. The first-order valence-corrected chi connectivity index (χ1v) is 3.05. The van der Waals surface area contributed by atoms with Gasteiger partial charge in [0.25, 0.3) is 0 Å². The molecule has 0 bridgehead atoms. The third kappa shape index (κ3) is 1.49. The Hall–Kier alpha value is -0.920. The molecular formula is C7H11NO. The Bertz CT molecular complexity index is 170. The Labute approximate surface area is 54.7 Å². The van der Waals surface area contributed by atoms with Crippen LogP contribution in [0.15, 0.2) is 23.6 Å². The minimum atomic E-state index is 0.297.